The molecule has 1 heterocycles. The summed E-state index contributed by atoms with van der Waals surface area (Å²) in [5.74, 6) is -0.0377. The Morgan fingerprint density at radius 2 is 1.90 bits per heavy atom. The van der Waals surface area contributed by atoms with Crippen molar-refractivity contribution in [1.82, 2.24) is 4.90 Å². The van der Waals surface area contributed by atoms with Gasteiger partial charge in [0.05, 0.1) is 7.11 Å². The minimum absolute atomic E-state index is 0.307. The molecule has 7 heteroatoms. The third-order valence-corrected chi connectivity index (χ3v) is 4.47. The van der Waals surface area contributed by atoms with Crippen molar-refractivity contribution in [2.75, 3.05) is 31.2 Å². The van der Waals surface area contributed by atoms with Crippen LogP contribution in [0.4, 0.5) is 10.7 Å². The number of carbonyl (C=O) groups is 1. The fourth-order valence-corrected chi connectivity index (χ4v) is 3.31. The molecule has 6 nitrogen and oxygen atoms in total. The number of nitrogens with zero attached hydrogens (tertiary/aromatic N) is 1. The molecular formula is C14H26N4O2S. The number of nitrogens with two attached hydrogens (primary N) is 2. The topological polar surface area (TPSA) is 93.6 Å². The number of amides is 1. The van der Waals surface area contributed by atoms with Crippen molar-refractivity contribution in [2.24, 2.45) is 5.73 Å². The molecule has 0 atom stereocenters. The standard InChI is InChI=1S/C14H26N4O2S/c1-8(2)18(9(3)4)7-6-17-14-11(20-5)10(15)12(21-14)13(16)19/h8-9,17H,6-7,15H2,1-5H3,(H2,16,19). The van der Waals surface area contributed by atoms with Crippen LogP contribution in [0.2, 0.25) is 0 Å². The minimum Gasteiger partial charge on any atom is -0.492 e. The van der Waals surface area contributed by atoms with E-state index in [9.17, 15) is 4.79 Å². The Balaban J connectivity index is 2.75. The highest BCUT2D eigenvalue weighted by atomic mass is 32.1. The van der Waals surface area contributed by atoms with E-state index >= 15 is 0 Å². The second-order valence-electron chi connectivity index (χ2n) is 5.42. The first-order chi connectivity index (χ1) is 9.79. The maximum atomic E-state index is 11.3. The molecule has 21 heavy (non-hydrogen) atoms. The molecule has 1 aromatic heterocycles. The van der Waals surface area contributed by atoms with E-state index in [2.05, 4.69) is 37.9 Å². The molecule has 120 valence electrons. The van der Waals surface area contributed by atoms with Gasteiger partial charge in [-0.2, -0.15) is 0 Å². The molecule has 1 amide bonds. The number of rotatable bonds is 8. The first-order valence-electron chi connectivity index (χ1n) is 7.05. The first kappa shape index (κ1) is 17.6. The molecule has 0 aliphatic carbocycles. The molecule has 0 fully saturated rings. The number of nitrogens with one attached hydrogen (secondary N) is 1. The van der Waals surface area contributed by atoms with Crippen molar-refractivity contribution >= 4 is 27.9 Å². The zero-order valence-electron chi connectivity index (χ0n) is 13.4. The van der Waals surface area contributed by atoms with Crippen LogP contribution in [-0.4, -0.2) is 43.1 Å². The molecule has 0 aliphatic heterocycles. The maximum Gasteiger partial charge on any atom is 0.261 e. The van der Waals surface area contributed by atoms with E-state index in [1.807, 2.05) is 0 Å². The Morgan fingerprint density at radius 1 is 1.33 bits per heavy atom. The average molecular weight is 314 g/mol. The number of anilines is 2. The van der Waals surface area contributed by atoms with Crippen LogP contribution < -0.4 is 21.5 Å². The Bertz CT molecular complexity index is 478. The number of hydrogen-bond donors (Lipinski definition) is 3. The summed E-state index contributed by atoms with van der Waals surface area (Å²) >= 11 is 1.23. The zero-order chi connectivity index (χ0) is 16.2. The normalized spacial score (nSPS) is 11.4. The van der Waals surface area contributed by atoms with Gasteiger partial charge in [-0.25, -0.2) is 0 Å². The van der Waals surface area contributed by atoms with Crippen molar-refractivity contribution in [1.29, 1.82) is 0 Å². The van der Waals surface area contributed by atoms with Crippen LogP contribution in [0.1, 0.15) is 37.4 Å². The van der Waals surface area contributed by atoms with Crippen LogP contribution in [0.3, 0.4) is 0 Å². The fourth-order valence-electron chi connectivity index (χ4n) is 2.34. The second kappa shape index (κ2) is 7.51. The minimum atomic E-state index is -0.533. The quantitative estimate of drug-likeness (QED) is 0.682. The monoisotopic (exact) mass is 314 g/mol. The maximum absolute atomic E-state index is 11.3. The summed E-state index contributed by atoms with van der Waals surface area (Å²) in [5.41, 5.74) is 11.5. The van der Waals surface area contributed by atoms with Crippen molar-refractivity contribution in [2.45, 2.75) is 39.8 Å². The summed E-state index contributed by atoms with van der Waals surface area (Å²) in [6.45, 7) is 10.3. The predicted molar refractivity (Wildman–Crippen MR) is 89.3 cm³/mol. The molecular weight excluding hydrogens is 288 g/mol. The highest BCUT2D eigenvalue weighted by Gasteiger charge is 2.20. The third-order valence-electron chi connectivity index (χ3n) is 3.31. The lowest BCUT2D eigenvalue weighted by atomic mass is 10.2. The number of primary amides is 1. The lowest BCUT2D eigenvalue weighted by molar-refractivity contribution is 0.100. The molecule has 0 saturated heterocycles. The number of nitrogen functional groups attached to an aromatic ring is 1. The average Bonchev–Trinajstić information content (AvgIpc) is 2.70. The molecule has 0 bridgehead atoms. The van der Waals surface area contributed by atoms with Crippen LogP contribution >= 0.6 is 11.3 Å². The summed E-state index contributed by atoms with van der Waals surface area (Å²) in [4.78, 5) is 14.0. The summed E-state index contributed by atoms with van der Waals surface area (Å²) < 4.78 is 5.26. The fraction of sp³-hybridized carbons (Fsp3) is 0.643. The number of methoxy groups -OCH3 is 1. The van der Waals surface area contributed by atoms with Crippen molar-refractivity contribution in [3.8, 4) is 5.75 Å². The van der Waals surface area contributed by atoms with Gasteiger partial charge in [0.25, 0.3) is 5.91 Å². The van der Waals surface area contributed by atoms with Gasteiger partial charge >= 0.3 is 0 Å². The second-order valence-corrected chi connectivity index (χ2v) is 6.44. The van der Waals surface area contributed by atoms with Crippen LogP contribution in [0.5, 0.6) is 5.75 Å². The van der Waals surface area contributed by atoms with Crippen molar-refractivity contribution in [3.63, 3.8) is 0 Å². The van der Waals surface area contributed by atoms with Gasteiger partial charge in [0, 0.05) is 25.2 Å². The van der Waals surface area contributed by atoms with E-state index in [4.69, 9.17) is 16.2 Å². The lowest BCUT2D eigenvalue weighted by Crippen LogP contribution is -2.40. The molecule has 0 spiro atoms. The largest absolute Gasteiger partial charge is 0.492 e. The van der Waals surface area contributed by atoms with Gasteiger partial charge in [0.2, 0.25) is 0 Å². The Labute approximate surface area is 130 Å². The van der Waals surface area contributed by atoms with E-state index in [-0.39, 0.29) is 0 Å². The summed E-state index contributed by atoms with van der Waals surface area (Å²) in [6.07, 6.45) is 0. The highest BCUT2D eigenvalue weighted by Crippen LogP contribution is 2.42. The number of thiophene rings is 1. The SMILES string of the molecule is COc1c(NCCN(C(C)C)C(C)C)sc(C(N)=O)c1N. The molecule has 0 radical (unpaired) electrons. The molecule has 0 saturated carbocycles. The molecule has 1 rings (SSSR count). The van der Waals surface area contributed by atoms with E-state index in [0.29, 0.717) is 28.4 Å². The van der Waals surface area contributed by atoms with Crippen LogP contribution in [0.25, 0.3) is 0 Å². The molecule has 1 aromatic rings. The highest BCUT2D eigenvalue weighted by molar-refractivity contribution is 7.19. The van der Waals surface area contributed by atoms with Crippen LogP contribution in [0.15, 0.2) is 0 Å². The summed E-state index contributed by atoms with van der Waals surface area (Å²) in [5, 5.41) is 4.03. The van der Waals surface area contributed by atoms with Gasteiger partial charge in [-0.3, -0.25) is 9.69 Å². The number of ether oxygens (including phenoxy) is 1. The zero-order valence-corrected chi connectivity index (χ0v) is 14.2. The van der Waals surface area contributed by atoms with E-state index in [1.54, 1.807) is 0 Å². The number of hydrogen-bond acceptors (Lipinski definition) is 6. The van der Waals surface area contributed by atoms with Gasteiger partial charge in [-0.1, -0.05) is 0 Å². The van der Waals surface area contributed by atoms with Gasteiger partial charge in [0.15, 0.2) is 5.75 Å². The van der Waals surface area contributed by atoms with Crippen LogP contribution in [0, 0.1) is 0 Å². The summed E-state index contributed by atoms with van der Waals surface area (Å²) in [6, 6.07) is 0.951. The Kier molecular flexibility index (Phi) is 6.29. The molecule has 0 aliphatic rings. The van der Waals surface area contributed by atoms with Gasteiger partial charge in [0.1, 0.15) is 15.6 Å². The molecule has 0 aromatic carbocycles. The van der Waals surface area contributed by atoms with Crippen molar-refractivity contribution < 1.29 is 9.53 Å². The van der Waals surface area contributed by atoms with Crippen LogP contribution in [-0.2, 0) is 0 Å². The number of carbonyl (C=O) groups excluding carboxylic acids is 1. The van der Waals surface area contributed by atoms with Gasteiger partial charge in [-0.05, 0) is 27.7 Å². The van der Waals surface area contributed by atoms with E-state index in [0.717, 1.165) is 18.1 Å². The molecule has 5 N–H and O–H groups in total. The first-order valence-corrected chi connectivity index (χ1v) is 7.86. The third kappa shape index (κ3) is 4.25. The Hall–Kier alpha value is -1.47. The van der Waals surface area contributed by atoms with E-state index < -0.39 is 5.91 Å². The summed E-state index contributed by atoms with van der Waals surface area (Å²) in [7, 11) is 1.53. The van der Waals surface area contributed by atoms with Crippen molar-refractivity contribution in [3.05, 3.63) is 4.88 Å². The lowest BCUT2D eigenvalue weighted by Gasteiger charge is -2.30. The molecule has 0 unspecified atom stereocenters. The predicted octanol–water partition coefficient (Wildman–Crippen LogP) is 1.97. The Morgan fingerprint density at radius 3 is 2.33 bits per heavy atom. The smallest absolute Gasteiger partial charge is 0.261 e. The van der Waals surface area contributed by atoms with E-state index in [1.165, 1.54) is 18.4 Å². The van der Waals surface area contributed by atoms with Gasteiger partial charge in [-0.15, -0.1) is 11.3 Å². The van der Waals surface area contributed by atoms with Gasteiger partial charge < -0.3 is 21.5 Å².